The molecule has 1 rings (SSSR count). The topological polar surface area (TPSA) is 78.9 Å². The second kappa shape index (κ2) is 9.34. The molecule has 0 radical (unpaired) electrons. The molecule has 1 aromatic carbocycles. The molecule has 1 aromatic rings. The minimum absolute atomic E-state index is 0.292. The quantitative estimate of drug-likeness (QED) is 0.297. The molecule has 0 spiro atoms. The highest BCUT2D eigenvalue weighted by atomic mass is 32.2. The first-order valence-electron chi connectivity index (χ1n) is 6.67. The van der Waals surface area contributed by atoms with Gasteiger partial charge >= 0.3 is 5.97 Å². The predicted octanol–water partition coefficient (Wildman–Crippen LogP) is 1.67. The summed E-state index contributed by atoms with van der Waals surface area (Å²) in [6.07, 6.45) is 2.96. The van der Waals surface area contributed by atoms with Crippen LogP contribution in [-0.2, 0) is 35.2 Å². The third-order valence-corrected chi connectivity index (χ3v) is 3.20. The van der Waals surface area contributed by atoms with Gasteiger partial charge in [0.1, 0.15) is 0 Å². The molecule has 0 heterocycles. The van der Waals surface area contributed by atoms with Crippen molar-refractivity contribution in [2.24, 2.45) is 0 Å². The number of methoxy groups -OCH3 is 1. The van der Waals surface area contributed by atoms with Gasteiger partial charge in [-0.15, -0.1) is 0 Å². The summed E-state index contributed by atoms with van der Waals surface area (Å²) >= 11 is 0. The normalized spacial score (nSPS) is 13.2. The lowest BCUT2D eigenvalue weighted by atomic mass is 10.2. The maximum atomic E-state index is 11.2. The third kappa shape index (κ3) is 8.56. The van der Waals surface area contributed by atoms with Gasteiger partial charge in [-0.1, -0.05) is 30.3 Å². The molecule has 0 amide bonds. The average molecular weight is 328 g/mol. The van der Waals surface area contributed by atoms with Crippen LogP contribution in [-0.4, -0.2) is 40.5 Å². The molecular formula is C15H20O6S. The van der Waals surface area contributed by atoms with Crippen LogP contribution in [0.25, 0.3) is 0 Å². The monoisotopic (exact) mass is 328 g/mol. The van der Waals surface area contributed by atoms with Crippen molar-refractivity contribution in [2.75, 3.05) is 20.0 Å². The number of ether oxygens (including phenoxy) is 2. The summed E-state index contributed by atoms with van der Waals surface area (Å²) in [7, 11) is -2.39. The van der Waals surface area contributed by atoms with E-state index in [1.807, 2.05) is 30.3 Å². The zero-order chi connectivity index (χ0) is 16.4. The van der Waals surface area contributed by atoms with Crippen molar-refractivity contribution in [1.29, 1.82) is 0 Å². The summed E-state index contributed by atoms with van der Waals surface area (Å²) < 4.78 is 37.2. The fourth-order valence-corrected chi connectivity index (χ4v) is 2.23. The first-order valence-corrected chi connectivity index (χ1v) is 8.48. The second-order valence-corrected chi connectivity index (χ2v) is 6.15. The van der Waals surface area contributed by atoms with Crippen LogP contribution >= 0.6 is 0 Å². The summed E-state index contributed by atoms with van der Waals surface area (Å²) in [4.78, 5) is 11.1. The Morgan fingerprint density at radius 1 is 1.27 bits per heavy atom. The predicted molar refractivity (Wildman–Crippen MR) is 81.6 cm³/mol. The van der Waals surface area contributed by atoms with Gasteiger partial charge in [0.2, 0.25) is 0 Å². The van der Waals surface area contributed by atoms with Crippen LogP contribution in [0.15, 0.2) is 42.5 Å². The second-order valence-electron chi connectivity index (χ2n) is 4.55. The molecule has 0 unspecified atom stereocenters. The zero-order valence-electron chi connectivity index (χ0n) is 12.6. The van der Waals surface area contributed by atoms with Gasteiger partial charge in [0.15, 0.2) is 0 Å². The van der Waals surface area contributed by atoms with Crippen molar-refractivity contribution in [2.45, 2.75) is 19.1 Å². The van der Waals surface area contributed by atoms with Crippen LogP contribution in [0.5, 0.6) is 0 Å². The van der Waals surface area contributed by atoms with E-state index < -0.39 is 22.2 Å². The Kier molecular flexibility index (Phi) is 7.79. The number of hydrogen-bond acceptors (Lipinski definition) is 6. The standard InChI is InChI=1S/C15H20O6S/c1-19-15(16)9-8-14(21-22(2,17)18)10-11-20-12-13-6-4-3-5-7-13/h3-9,14H,10-12H2,1-2H3/b9-8+/t14-/m0/s1. The Hall–Kier alpha value is -1.70. The number of carbonyl (C=O) groups is 1. The van der Waals surface area contributed by atoms with Gasteiger partial charge in [-0.2, -0.15) is 8.42 Å². The number of benzene rings is 1. The molecule has 0 fully saturated rings. The number of hydrogen-bond donors (Lipinski definition) is 0. The van der Waals surface area contributed by atoms with E-state index in [2.05, 4.69) is 4.74 Å². The van der Waals surface area contributed by atoms with E-state index in [1.54, 1.807) is 0 Å². The Bertz CT molecular complexity index is 579. The highest BCUT2D eigenvalue weighted by Crippen LogP contribution is 2.07. The molecule has 22 heavy (non-hydrogen) atoms. The lowest BCUT2D eigenvalue weighted by Gasteiger charge is -2.12. The Balaban J connectivity index is 2.46. The number of rotatable bonds is 9. The summed E-state index contributed by atoms with van der Waals surface area (Å²) in [5, 5.41) is 0. The van der Waals surface area contributed by atoms with E-state index in [0.717, 1.165) is 17.9 Å². The van der Waals surface area contributed by atoms with Gasteiger partial charge in [0.05, 0.1) is 26.1 Å². The molecule has 7 heteroatoms. The fourth-order valence-electron chi connectivity index (χ4n) is 1.62. The molecule has 0 N–H and O–H groups in total. The molecule has 0 saturated carbocycles. The third-order valence-electron chi connectivity index (χ3n) is 2.60. The summed E-state index contributed by atoms with van der Waals surface area (Å²) in [5.41, 5.74) is 1.02. The Morgan fingerprint density at radius 3 is 2.55 bits per heavy atom. The van der Waals surface area contributed by atoms with Crippen LogP contribution in [0.1, 0.15) is 12.0 Å². The average Bonchev–Trinajstić information content (AvgIpc) is 2.48. The van der Waals surface area contributed by atoms with Crippen LogP contribution in [0.4, 0.5) is 0 Å². The van der Waals surface area contributed by atoms with Crippen molar-refractivity contribution < 1.29 is 26.9 Å². The summed E-state index contributed by atoms with van der Waals surface area (Å²) in [5.74, 6) is -0.577. The van der Waals surface area contributed by atoms with Crippen LogP contribution in [0.3, 0.4) is 0 Å². The van der Waals surface area contributed by atoms with Crippen molar-refractivity contribution >= 4 is 16.1 Å². The first-order chi connectivity index (χ1) is 10.4. The van der Waals surface area contributed by atoms with E-state index in [1.165, 1.54) is 13.2 Å². The molecule has 122 valence electrons. The van der Waals surface area contributed by atoms with E-state index in [9.17, 15) is 13.2 Å². The highest BCUT2D eigenvalue weighted by Gasteiger charge is 2.13. The van der Waals surface area contributed by atoms with Crippen LogP contribution in [0.2, 0.25) is 0 Å². The van der Waals surface area contributed by atoms with Crippen molar-refractivity contribution in [3.05, 3.63) is 48.0 Å². The largest absolute Gasteiger partial charge is 0.466 e. The van der Waals surface area contributed by atoms with E-state index in [0.29, 0.717) is 19.6 Å². The molecular weight excluding hydrogens is 308 g/mol. The zero-order valence-corrected chi connectivity index (χ0v) is 13.4. The summed E-state index contributed by atoms with van der Waals surface area (Å²) in [6.45, 7) is 0.716. The van der Waals surface area contributed by atoms with Gasteiger partial charge in [-0.25, -0.2) is 4.79 Å². The van der Waals surface area contributed by atoms with E-state index >= 15 is 0 Å². The van der Waals surface area contributed by atoms with Crippen LogP contribution < -0.4 is 0 Å². The van der Waals surface area contributed by atoms with Gasteiger partial charge in [0, 0.05) is 19.1 Å². The molecule has 0 aliphatic carbocycles. The van der Waals surface area contributed by atoms with Crippen LogP contribution in [0, 0.1) is 0 Å². The molecule has 6 nitrogen and oxygen atoms in total. The molecule has 1 atom stereocenters. The van der Waals surface area contributed by atoms with Crippen molar-refractivity contribution in [3.8, 4) is 0 Å². The number of esters is 1. The lowest BCUT2D eigenvalue weighted by molar-refractivity contribution is -0.134. The minimum Gasteiger partial charge on any atom is -0.466 e. The first kappa shape index (κ1) is 18.3. The smallest absolute Gasteiger partial charge is 0.330 e. The fraction of sp³-hybridized carbons (Fsp3) is 0.400. The van der Waals surface area contributed by atoms with Crippen molar-refractivity contribution in [3.63, 3.8) is 0 Å². The Morgan fingerprint density at radius 2 is 1.95 bits per heavy atom. The van der Waals surface area contributed by atoms with Gasteiger partial charge in [-0.05, 0) is 11.6 Å². The Labute approximate surface area is 130 Å². The molecule has 0 aliphatic rings. The summed E-state index contributed by atoms with van der Waals surface area (Å²) in [6, 6.07) is 9.60. The maximum Gasteiger partial charge on any atom is 0.330 e. The maximum absolute atomic E-state index is 11.2. The molecule has 0 aromatic heterocycles. The molecule has 0 saturated heterocycles. The lowest BCUT2D eigenvalue weighted by Crippen LogP contribution is -2.18. The van der Waals surface area contributed by atoms with Gasteiger partial charge in [-0.3, -0.25) is 4.18 Å². The van der Waals surface area contributed by atoms with Crippen molar-refractivity contribution in [1.82, 2.24) is 0 Å². The van der Waals surface area contributed by atoms with Gasteiger partial charge < -0.3 is 9.47 Å². The van der Waals surface area contributed by atoms with E-state index in [4.69, 9.17) is 8.92 Å². The van der Waals surface area contributed by atoms with E-state index in [-0.39, 0.29) is 0 Å². The highest BCUT2D eigenvalue weighted by molar-refractivity contribution is 7.86. The molecule has 0 bridgehead atoms. The number of carbonyl (C=O) groups excluding carboxylic acids is 1. The van der Waals surface area contributed by atoms with Gasteiger partial charge in [0.25, 0.3) is 10.1 Å². The minimum atomic E-state index is -3.63. The SMILES string of the molecule is COC(=O)/C=C/[C@@H](CCOCc1ccccc1)OS(C)(=O)=O. The molecule has 0 aliphatic heterocycles.